The average Bonchev–Trinajstić information content (AvgIpc) is 3.24. The first-order valence-corrected chi connectivity index (χ1v) is 8.71. The molecule has 7 heteroatoms. The molecule has 3 aromatic rings. The first-order valence-electron chi connectivity index (χ1n) is 7.72. The lowest BCUT2D eigenvalue weighted by Crippen LogP contribution is -2.14. The summed E-state index contributed by atoms with van der Waals surface area (Å²) in [6.45, 7) is 2.86. The largest absolute Gasteiger partial charge is 0.461 e. The minimum absolute atomic E-state index is 0.0724. The SMILES string of the molecule is CCCn1c(SCC(=O)Nc2ccccc2)nnc1-c1ccco1. The number of para-hydroxylation sites is 1. The van der Waals surface area contributed by atoms with Gasteiger partial charge in [-0.2, -0.15) is 0 Å². The van der Waals surface area contributed by atoms with Gasteiger partial charge in [-0.1, -0.05) is 36.9 Å². The first-order chi connectivity index (χ1) is 11.8. The van der Waals surface area contributed by atoms with Crippen LogP contribution >= 0.6 is 11.8 Å². The van der Waals surface area contributed by atoms with Crippen molar-refractivity contribution in [3.63, 3.8) is 0 Å². The van der Waals surface area contributed by atoms with Gasteiger partial charge in [-0.3, -0.25) is 9.36 Å². The quantitative estimate of drug-likeness (QED) is 0.663. The van der Waals surface area contributed by atoms with Gasteiger partial charge < -0.3 is 9.73 Å². The van der Waals surface area contributed by atoms with Crippen molar-refractivity contribution in [1.29, 1.82) is 0 Å². The van der Waals surface area contributed by atoms with Gasteiger partial charge >= 0.3 is 0 Å². The summed E-state index contributed by atoms with van der Waals surface area (Å²) < 4.78 is 7.40. The number of amides is 1. The molecule has 0 bridgehead atoms. The highest BCUT2D eigenvalue weighted by Crippen LogP contribution is 2.24. The minimum atomic E-state index is -0.0724. The van der Waals surface area contributed by atoms with E-state index in [1.54, 1.807) is 6.26 Å². The molecule has 1 amide bonds. The van der Waals surface area contributed by atoms with Crippen molar-refractivity contribution in [2.24, 2.45) is 0 Å². The topological polar surface area (TPSA) is 73.0 Å². The number of anilines is 1. The zero-order valence-electron chi connectivity index (χ0n) is 13.3. The summed E-state index contributed by atoms with van der Waals surface area (Å²) in [4.78, 5) is 12.1. The summed E-state index contributed by atoms with van der Waals surface area (Å²) in [5.74, 6) is 1.57. The molecule has 2 aromatic heterocycles. The van der Waals surface area contributed by atoms with Crippen LogP contribution in [0.25, 0.3) is 11.6 Å². The zero-order valence-corrected chi connectivity index (χ0v) is 14.1. The molecule has 24 heavy (non-hydrogen) atoms. The third-order valence-corrected chi connectivity index (χ3v) is 4.26. The Morgan fingerprint density at radius 1 is 1.21 bits per heavy atom. The van der Waals surface area contributed by atoms with Crippen molar-refractivity contribution in [3.8, 4) is 11.6 Å². The molecule has 0 spiro atoms. The summed E-state index contributed by atoms with van der Waals surface area (Å²) in [6, 6.07) is 13.1. The van der Waals surface area contributed by atoms with Gasteiger partial charge in [0.1, 0.15) is 0 Å². The van der Waals surface area contributed by atoms with E-state index in [1.165, 1.54) is 11.8 Å². The Morgan fingerprint density at radius 3 is 2.75 bits per heavy atom. The Kier molecular flexibility index (Phi) is 5.32. The molecule has 124 valence electrons. The molecule has 0 atom stereocenters. The fraction of sp³-hybridized carbons (Fsp3) is 0.235. The van der Waals surface area contributed by atoms with Crippen LogP contribution in [0.3, 0.4) is 0 Å². The van der Waals surface area contributed by atoms with Gasteiger partial charge in [-0.15, -0.1) is 10.2 Å². The van der Waals surface area contributed by atoms with E-state index in [-0.39, 0.29) is 11.7 Å². The maximum atomic E-state index is 12.1. The van der Waals surface area contributed by atoms with Crippen molar-refractivity contribution in [1.82, 2.24) is 14.8 Å². The van der Waals surface area contributed by atoms with Crippen LogP contribution in [-0.4, -0.2) is 26.4 Å². The molecule has 0 aliphatic rings. The number of nitrogens with one attached hydrogen (secondary N) is 1. The van der Waals surface area contributed by atoms with Crippen LogP contribution in [0.5, 0.6) is 0 Å². The van der Waals surface area contributed by atoms with Gasteiger partial charge in [0, 0.05) is 12.2 Å². The van der Waals surface area contributed by atoms with Crippen molar-refractivity contribution < 1.29 is 9.21 Å². The third-order valence-electron chi connectivity index (χ3n) is 3.30. The second-order valence-electron chi connectivity index (χ2n) is 5.14. The van der Waals surface area contributed by atoms with Crippen LogP contribution in [0, 0.1) is 0 Å². The van der Waals surface area contributed by atoms with Crippen molar-refractivity contribution in [3.05, 3.63) is 48.7 Å². The summed E-state index contributed by atoms with van der Waals surface area (Å²) in [7, 11) is 0. The Balaban J connectivity index is 1.67. The van der Waals surface area contributed by atoms with E-state index in [2.05, 4.69) is 22.4 Å². The van der Waals surface area contributed by atoms with E-state index in [0.717, 1.165) is 18.7 Å². The van der Waals surface area contributed by atoms with Gasteiger partial charge in [-0.25, -0.2) is 0 Å². The van der Waals surface area contributed by atoms with Crippen LogP contribution in [-0.2, 0) is 11.3 Å². The number of carbonyl (C=O) groups is 1. The van der Waals surface area contributed by atoms with Crippen molar-refractivity contribution in [2.75, 3.05) is 11.1 Å². The fourth-order valence-corrected chi connectivity index (χ4v) is 3.02. The lowest BCUT2D eigenvalue weighted by atomic mass is 10.3. The molecule has 3 rings (SSSR count). The number of benzene rings is 1. The van der Waals surface area contributed by atoms with Crippen LogP contribution in [0.4, 0.5) is 5.69 Å². The Morgan fingerprint density at radius 2 is 2.04 bits per heavy atom. The monoisotopic (exact) mass is 342 g/mol. The summed E-state index contributed by atoms with van der Waals surface area (Å²) in [6.07, 6.45) is 2.55. The lowest BCUT2D eigenvalue weighted by Gasteiger charge is -2.08. The second kappa shape index (κ2) is 7.83. The molecule has 6 nitrogen and oxygen atoms in total. The Bertz CT molecular complexity index is 784. The van der Waals surface area contributed by atoms with Crippen molar-refractivity contribution >= 4 is 23.4 Å². The number of rotatable bonds is 7. The van der Waals surface area contributed by atoms with Crippen LogP contribution < -0.4 is 5.32 Å². The molecule has 2 heterocycles. The van der Waals surface area contributed by atoms with E-state index in [1.807, 2.05) is 47.0 Å². The molecule has 0 fully saturated rings. The van der Waals surface area contributed by atoms with E-state index >= 15 is 0 Å². The van der Waals surface area contributed by atoms with Crippen molar-refractivity contribution in [2.45, 2.75) is 25.0 Å². The predicted octanol–water partition coefficient (Wildman–Crippen LogP) is 3.68. The molecule has 0 aliphatic carbocycles. The van der Waals surface area contributed by atoms with Gasteiger partial charge in [0.05, 0.1) is 12.0 Å². The van der Waals surface area contributed by atoms with Crippen LogP contribution in [0.2, 0.25) is 0 Å². The average molecular weight is 342 g/mol. The van der Waals surface area contributed by atoms with Crippen LogP contribution in [0.1, 0.15) is 13.3 Å². The van der Waals surface area contributed by atoms with Gasteiger partial charge in [0.15, 0.2) is 16.7 Å². The Labute approximate surface area is 144 Å². The molecule has 1 N–H and O–H groups in total. The number of aromatic nitrogens is 3. The van der Waals surface area contributed by atoms with Gasteiger partial charge in [0.25, 0.3) is 0 Å². The molecule has 0 unspecified atom stereocenters. The highest BCUT2D eigenvalue weighted by Gasteiger charge is 2.16. The minimum Gasteiger partial charge on any atom is -0.461 e. The fourth-order valence-electron chi connectivity index (χ4n) is 2.26. The number of furan rings is 1. The molecular weight excluding hydrogens is 324 g/mol. The summed E-state index contributed by atoms with van der Waals surface area (Å²) in [5, 5.41) is 12.0. The van der Waals surface area contributed by atoms with E-state index < -0.39 is 0 Å². The number of hydrogen-bond donors (Lipinski definition) is 1. The van der Waals surface area contributed by atoms with E-state index in [9.17, 15) is 4.79 Å². The summed E-state index contributed by atoms with van der Waals surface area (Å²) in [5.41, 5.74) is 0.786. The first kappa shape index (κ1) is 16.3. The number of hydrogen-bond acceptors (Lipinski definition) is 5. The van der Waals surface area contributed by atoms with Gasteiger partial charge in [-0.05, 0) is 30.7 Å². The number of nitrogens with zero attached hydrogens (tertiary/aromatic N) is 3. The highest BCUT2D eigenvalue weighted by atomic mass is 32.2. The Hall–Kier alpha value is -2.54. The predicted molar refractivity (Wildman–Crippen MR) is 93.8 cm³/mol. The molecule has 0 radical (unpaired) electrons. The molecular formula is C17H18N4O2S. The smallest absolute Gasteiger partial charge is 0.234 e. The van der Waals surface area contributed by atoms with Gasteiger partial charge in [0.2, 0.25) is 5.91 Å². The highest BCUT2D eigenvalue weighted by molar-refractivity contribution is 7.99. The normalized spacial score (nSPS) is 10.7. The number of thioether (sulfide) groups is 1. The number of carbonyl (C=O) groups excluding carboxylic acids is 1. The molecule has 0 saturated carbocycles. The molecule has 0 aliphatic heterocycles. The standard InChI is InChI=1S/C17H18N4O2S/c1-2-10-21-16(14-9-6-11-23-14)19-20-17(21)24-12-15(22)18-13-7-4-3-5-8-13/h3-9,11H,2,10,12H2,1H3,(H,18,22). The molecule has 1 aromatic carbocycles. The maximum absolute atomic E-state index is 12.1. The third kappa shape index (κ3) is 3.86. The lowest BCUT2D eigenvalue weighted by molar-refractivity contribution is -0.113. The van der Waals surface area contributed by atoms with Crippen LogP contribution in [0.15, 0.2) is 58.3 Å². The second-order valence-corrected chi connectivity index (χ2v) is 6.08. The van der Waals surface area contributed by atoms with E-state index in [4.69, 9.17) is 4.42 Å². The summed E-state index contributed by atoms with van der Waals surface area (Å²) >= 11 is 1.37. The zero-order chi connectivity index (χ0) is 16.8. The van der Waals surface area contributed by atoms with E-state index in [0.29, 0.717) is 16.7 Å². The molecule has 0 saturated heterocycles. The maximum Gasteiger partial charge on any atom is 0.234 e.